The Morgan fingerprint density at radius 1 is 0.346 bits per heavy atom. The Kier molecular flexibility index (Phi) is 7.15. The van der Waals surface area contributed by atoms with E-state index in [1.165, 1.54) is 84.9 Å². The van der Waals surface area contributed by atoms with Gasteiger partial charge in [-0.25, -0.2) is 43.9 Å². The summed E-state index contributed by atoms with van der Waals surface area (Å²) in [6.45, 7) is 0. The summed E-state index contributed by atoms with van der Waals surface area (Å²) in [4.78, 5) is 1.62. The largest absolute Gasteiger partial charge is 0.304 e. The normalized spacial score (nSPS) is 12.2. The Morgan fingerprint density at radius 3 is 0.962 bits per heavy atom. The summed E-state index contributed by atoms with van der Waals surface area (Å²) in [5, 5.41) is 2.06. The molecule has 0 bridgehead atoms. The molecule has 0 spiro atoms. The van der Waals surface area contributed by atoms with Crippen molar-refractivity contribution >= 4 is 66.4 Å². The minimum Gasteiger partial charge on any atom is -0.304 e. The lowest BCUT2D eigenvalue weighted by molar-refractivity contribution is 0.380. The topological polar surface area (TPSA) is 6.48 Å². The zero-order chi connectivity index (χ0) is 38.3. The van der Waals surface area contributed by atoms with E-state index in [4.69, 9.17) is 2.74 Å². The van der Waals surface area contributed by atoms with Crippen LogP contribution in [0, 0.1) is 58.2 Å². The average Bonchev–Trinajstić information content (AvgIpc) is 3.18. The van der Waals surface area contributed by atoms with Crippen molar-refractivity contribution in [2.45, 2.75) is 0 Å². The van der Waals surface area contributed by atoms with Crippen LogP contribution in [-0.4, -0.2) is 0 Å². The van der Waals surface area contributed by atoms with Gasteiger partial charge in [-0.3, -0.25) is 0 Å². The minimum atomic E-state index is -2.37. The van der Waals surface area contributed by atoms with E-state index in [0.717, 1.165) is 9.80 Å². The monoisotopic (exact) mass is 718 g/mol. The fourth-order valence-electron chi connectivity index (χ4n) is 6.57. The first-order valence-corrected chi connectivity index (χ1v) is 15.3. The van der Waals surface area contributed by atoms with Crippen LogP contribution in [0.15, 0.2) is 109 Å². The van der Waals surface area contributed by atoms with Crippen molar-refractivity contribution in [2.75, 3.05) is 9.80 Å². The number of halogens is 10. The molecule has 0 amide bonds. The van der Waals surface area contributed by atoms with Crippen LogP contribution in [-0.2, 0) is 0 Å². The summed E-state index contributed by atoms with van der Waals surface area (Å²) in [6.07, 6.45) is 0. The molecule has 0 N–H and O–H groups in total. The number of nitrogens with zero attached hydrogens (tertiary/aromatic N) is 2. The van der Waals surface area contributed by atoms with Gasteiger partial charge < -0.3 is 9.80 Å². The summed E-state index contributed by atoms with van der Waals surface area (Å²) < 4.78 is 165. The first kappa shape index (κ1) is 30.5. The van der Waals surface area contributed by atoms with E-state index >= 15 is 17.6 Å². The van der Waals surface area contributed by atoms with Crippen LogP contribution in [0.5, 0.6) is 0 Å². The molecule has 258 valence electrons. The molecule has 0 aliphatic carbocycles. The predicted octanol–water partition coefficient (Wildman–Crippen LogP) is 12.9. The molecule has 0 radical (unpaired) electrons. The molecule has 0 aliphatic heterocycles. The number of para-hydroxylation sites is 2. The molecular weight excluding hydrogens is 698 g/mol. The van der Waals surface area contributed by atoms with Crippen molar-refractivity contribution in [3.63, 3.8) is 0 Å². The van der Waals surface area contributed by atoms with Gasteiger partial charge in [0, 0.05) is 22.1 Å². The van der Waals surface area contributed by atoms with Crippen molar-refractivity contribution in [1.29, 1.82) is 0 Å². The van der Waals surface area contributed by atoms with E-state index in [2.05, 4.69) is 0 Å². The van der Waals surface area contributed by atoms with Gasteiger partial charge in [-0.2, -0.15) is 0 Å². The van der Waals surface area contributed by atoms with E-state index in [1.807, 2.05) is 0 Å². The molecule has 12 heteroatoms. The summed E-state index contributed by atoms with van der Waals surface area (Å²) in [5.41, 5.74) is -2.94. The van der Waals surface area contributed by atoms with Gasteiger partial charge in [0.2, 0.25) is 11.6 Å². The van der Waals surface area contributed by atoms with Gasteiger partial charge in [0.15, 0.2) is 46.5 Å². The maximum Gasteiger partial charge on any atom is 0.200 e. The Bertz CT molecular complexity index is 2560. The third kappa shape index (κ3) is 4.74. The highest BCUT2D eigenvalue weighted by molar-refractivity contribution is 6.28. The lowest BCUT2D eigenvalue weighted by Crippen LogP contribution is -2.18. The fourth-order valence-corrected chi connectivity index (χ4v) is 6.57. The maximum atomic E-state index is 15.6. The van der Waals surface area contributed by atoms with Gasteiger partial charge in [-0.15, -0.1) is 0 Å². The van der Waals surface area contributed by atoms with Crippen LogP contribution in [0.25, 0.3) is 32.3 Å². The highest BCUT2D eigenvalue weighted by Crippen LogP contribution is 2.49. The number of hydrogen-bond acceptors (Lipinski definition) is 2. The third-order valence-electron chi connectivity index (χ3n) is 8.84. The summed E-state index contributed by atoms with van der Waals surface area (Å²) >= 11 is 0. The number of hydrogen-bond donors (Lipinski definition) is 0. The van der Waals surface area contributed by atoms with Crippen LogP contribution >= 0.6 is 0 Å². The van der Waals surface area contributed by atoms with Gasteiger partial charge >= 0.3 is 0 Å². The smallest absolute Gasteiger partial charge is 0.200 e. The van der Waals surface area contributed by atoms with Crippen LogP contribution in [0.2, 0.25) is 0 Å². The lowest BCUT2D eigenvalue weighted by Gasteiger charge is -2.30. The van der Waals surface area contributed by atoms with Gasteiger partial charge in [0.05, 0.1) is 14.1 Å². The second-order valence-corrected chi connectivity index (χ2v) is 11.6. The summed E-state index contributed by atoms with van der Waals surface area (Å²) in [5.74, 6) is -22.0. The Hall–Kier alpha value is -6.30. The molecule has 0 heterocycles. The van der Waals surface area contributed by atoms with Gasteiger partial charge in [-0.05, 0) is 57.9 Å². The third-order valence-corrected chi connectivity index (χ3v) is 8.84. The van der Waals surface area contributed by atoms with E-state index in [9.17, 15) is 26.3 Å². The number of rotatable bonds is 6. The molecule has 0 saturated heterocycles. The fraction of sp³-hybridized carbons (Fsp3) is 0. The quantitative estimate of drug-likeness (QED) is 0.0731. The maximum absolute atomic E-state index is 15.6. The highest BCUT2D eigenvalue weighted by atomic mass is 19.2. The first-order chi connectivity index (χ1) is 25.8. The highest BCUT2D eigenvalue weighted by Gasteiger charge is 2.34. The standard InChI is InChI=1S/C40H18F10N2/c41-29-31(43)35(47)39(36(48)32(29)44)51(21-7-3-1-4-8-21)25-17-13-19-12-16-24-26(18-14-20-11-15-23(25)27(19)28(20)24)52(22-9-5-2-6-10-22)40-37(49)33(45)30(42)34(46)38(40)50/h1-18H/i1D,2D. The van der Waals surface area contributed by atoms with Crippen molar-refractivity contribution in [2.24, 2.45) is 0 Å². The first-order valence-electron chi connectivity index (χ1n) is 16.3. The van der Waals surface area contributed by atoms with Crippen LogP contribution in [0.4, 0.5) is 78.0 Å². The molecule has 8 rings (SSSR count). The molecular formula is C40H18F10N2. The Balaban J connectivity index is 1.46. The van der Waals surface area contributed by atoms with Crippen LogP contribution in [0.1, 0.15) is 2.74 Å². The molecule has 52 heavy (non-hydrogen) atoms. The second kappa shape index (κ2) is 12.2. The van der Waals surface area contributed by atoms with E-state index < -0.39 is 69.5 Å². The second-order valence-electron chi connectivity index (χ2n) is 11.6. The molecule has 0 aromatic heterocycles. The van der Waals surface area contributed by atoms with Crippen molar-refractivity contribution < 1.29 is 46.6 Å². The molecule has 0 fully saturated rings. The predicted molar refractivity (Wildman–Crippen MR) is 179 cm³/mol. The average molecular weight is 719 g/mol. The SMILES string of the molecule is [2H]c1ccc(N(c2c(F)c(F)c(F)c(F)c2F)c2ccc3ccc4c(N(c5ccc([2H])cc5)c5c(F)c(F)c(F)c(F)c5F)ccc5ccc2c3c54)cc1. The van der Waals surface area contributed by atoms with Crippen LogP contribution < -0.4 is 9.80 Å². The number of anilines is 6. The molecule has 0 aliphatic rings. The molecule has 2 nitrogen and oxygen atoms in total. The zero-order valence-electron chi connectivity index (χ0n) is 27.9. The Morgan fingerprint density at radius 2 is 0.635 bits per heavy atom. The van der Waals surface area contributed by atoms with E-state index in [1.54, 1.807) is 12.1 Å². The van der Waals surface area contributed by atoms with Gasteiger partial charge in [-0.1, -0.05) is 72.7 Å². The van der Waals surface area contributed by atoms with Gasteiger partial charge in [0.25, 0.3) is 0 Å². The van der Waals surface area contributed by atoms with Crippen molar-refractivity contribution in [1.82, 2.24) is 0 Å². The number of benzene rings is 8. The van der Waals surface area contributed by atoms with Crippen molar-refractivity contribution in [3.05, 3.63) is 167 Å². The molecule has 0 atom stereocenters. The summed E-state index contributed by atoms with van der Waals surface area (Å²) in [6, 6.07) is 22.0. The van der Waals surface area contributed by atoms with Crippen molar-refractivity contribution in [3.8, 4) is 0 Å². The molecule has 8 aromatic carbocycles. The lowest BCUT2D eigenvalue weighted by atomic mass is 9.91. The summed E-state index contributed by atoms with van der Waals surface area (Å²) in [7, 11) is 0. The molecule has 0 unspecified atom stereocenters. The van der Waals surface area contributed by atoms with Gasteiger partial charge in [0.1, 0.15) is 11.4 Å². The van der Waals surface area contributed by atoms with E-state index in [0.29, 0.717) is 21.5 Å². The Labute approximate surface area is 290 Å². The van der Waals surface area contributed by atoms with Crippen LogP contribution in [0.3, 0.4) is 0 Å². The molecule has 0 saturated carbocycles. The molecule has 8 aromatic rings. The minimum absolute atomic E-state index is 0.0188. The van der Waals surface area contributed by atoms with E-state index in [-0.39, 0.29) is 45.6 Å². The zero-order valence-corrected chi connectivity index (χ0v) is 25.9.